The molecule has 0 amide bonds. The summed E-state index contributed by atoms with van der Waals surface area (Å²) in [6.07, 6.45) is 8.20. The van der Waals surface area contributed by atoms with Crippen LogP contribution in [0.15, 0.2) is 42.5 Å². The van der Waals surface area contributed by atoms with Crippen molar-refractivity contribution in [2.24, 2.45) is 0 Å². The Balaban J connectivity index is 0.000000155. The summed E-state index contributed by atoms with van der Waals surface area (Å²) in [6.45, 7) is 1.01. The van der Waals surface area contributed by atoms with Gasteiger partial charge in [-0.15, -0.1) is 0 Å². The zero-order valence-corrected chi connectivity index (χ0v) is 12.1. The maximum Gasteiger partial charge on any atom is 0.229 e. The van der Waals surface area contributed by atoms with Gasteiger partial charge in [-0.1, -0.05) is 55.0 Å². The van der Waals surface area contributed by atoms with Gasteiger partial charge in [-0.05, 0) is 40.8 Å². The molecule has 2 radical (unpaired) electrons. The molecule has 2 aromatic rings. The highest BCUT2D eigenvalue weighted by Gasteiger charge is 2.06. The first-order valence-corrected chi connectivity index (χ1v) is 8.08. The Morgan fingerprint density at radius 1 is 1.00 bits per heavy atom. The first-order valence-electron chi connectivity index (χ1n) is 6.97. The molecule has 0 atom stereocenters. The Bertz CT molecular complexity index is 568. The molecular weight excluding hydrogens is 248 g/mol. The summed E-state index contributed by atoms with van der Waals surface area (Å²) in [7, 11) is 0.802. The molecule has 0 saturated carbocycles. The van der Waals surface area contributed by atoms with Gasteiger partial charge in [-0.2, -0.15) is 0 Å². The predicted octanol–water partition coefficient (Wildman–Crippen LogP) is 4.24. The van der Waals surface area contributed by atoms with Crippen LogP contribution in [0.4, 0.5) is 0 Å². The van der Waals surface area contributed by atoms with E-state index in [2.05, 4.69) is 48.6 Å². The van der Waals surface area contributed by atoms with Crippen molar-refractivity contribution in [2.45, 2.75) is 25.3 Å². The van der Waals surface area contributed by atoms with Crippen LogP contribution in [0.2, 0.25) is 6.04 Å². The molecule has 4 rings (SSSR count). The summed E-state index contributed by atoms with van der Waals surface area (Å²) < 4.78 is 5.10. The van der Waals surface area contributed by atoms with Crippen LogP contribution < -0.4 is 0 Å². The second kappa shape index (κ2) is 6.18. The van der Waals surface area contributed by atoms with E-state index in [9.17, 15) is 0 Å². The molecule has 1 nitrogen and oxygen atoms in total. The SMILES string of the molecule is C1=Cc2cccc3cccc(c23)C1.C1CC[Si]OC1. The smallest absolute Gasteiger partial charge is 0.229 e. The molecule has 1 heterocycles. The molecule has 1 aliphatic heterocycles. The Hall–Kier alpha value is -1.38. The van der Waals surface area contributed by atoms with Crippen LogP contribution in [0.25, 0.3) is 16.8 Å². The average molecular weight is 266 g/mol. The van der Waals surface area contributed by atoms with Crippen LogP contribution >= 0.6 is 0 Å². The lowest BCUT2D eigenvalue weighted by Crippen LogP contribution is -2.06. The third-order valence-electron chi connectivity index (χ3n) is 3.54. The van der Waals surface area contributed by atoms with E-state index in [1.54, 1.807) is 0 Å². The van der Waals surface area contributed by atoms with Crippen molar-refractivity contribution in [2.75, 3.05) is 6.61 Å². The molecule has 0 unspecified atom stereocenters. The van der Waals surface area contributed by atoms with Crippen LogP contribution in [0.5, 0.6) is 0 Å². The van der Waals surface area contributed by atoms with Gasteiger partial charge in [0.25, 0.3) is 0 Å². The van der Waals surface area contributed by atoms with Crippen molar-refractivity contribution >= 4 is 26.6 Å². The van der Waals surface area contributed by atoms with Gasteiger partial charge in [-0.25, -0.2) is 0 Å². The van der Waals surface area contributed by atoms with E-state index in [0.29, 0.717) is 0 Å². The standard InChI is InChI=1S/C13H10.C4H8OSi/c1-4-10-6-2-8-12-9-3-7-11(5-1)13(10)12;1-2-4-6-5-3-1/h1-8H,9H2;1-4H2. The van der Waals surface area contributed by atoms with Crippen LogP contribution in [0.1, 0.15) is 24.0 Å². The third kappa shape index (κ3) is 2.96. The summed E-state index contributed by atoms with van der Waals surface area (Å²) in [4.78, 5) is 0. The van der Waals surface area contributed by atoms with Gasteiger partial charge < -0.3 is 4.43 Å². The van der Waals surface area contributed by atoms with Crippen molar-refractivity contribution in [1.29, 1.82) is 0 Å². The lowest BCUT2D eigenvalue weighted by atomic mass is 9.93. The summed E-state index contributed by atoms with van der Waals surface area (Å²) in [6, 6.07) is 14.3. The fraction of sp³-hybridized carbons (Fsp3) is 0.294. The van der Waals surface area contributed by atoms with Crippen LogP contribution in [-0.2, 0) is 10.8 Å². The monoisotopic (exact) mass is 266 g/mol. The fourth-order valence-corrected chi connectivity index (χ4v) is 3.41. The van der Waals surface area contributed by atoms with Gasteiger partial charge in [0.15, 0.2) is 0 Å². The molecule has 2 aromatic carbocycles. The predicted molar refractivity (Wildman–Crippen MR) is 82.4 cm³/mol. The average Bonchev–Trinajstić information content (AvgIpc) is 2.51. The van der Waals surface area contributed by atoms with E-state index < -0.39 is 0 Å². The van der Waals surface area contributed by atoms with Gasteiger partial charge in [0.1, 0.15) is 0 Å². The highest BCUT2D eigenvalue weighted by Crippen LogP contribution is 2.27. The highest BCUT2D eigenvalue weighted by atomic mass is 28.2. The van der Waals surface area contributed by atoms with Crippen molar-refractivity contribution in [1.82, 2.24) is 0 Å². The van der Waals surface area contributed by atoms with Crippen molar-refractivity contribution in [3.63, 3.8) is 0 Å². The lowest BCUT2D eigenvalue weighted by molar-refractivity contribution is 0.304. The minimum atomic E-state index is 0.802. The minimum absolute atomic E-state index is 0.802. The maximum atomic E-state index is 5.10. The molecule has 2 aliphatic rings. The largest absolute Gasteiger partial charge is 0.417 e. The van der Waals surface area contributed by atoms with E-state index >= 15 is 0 Å². The molecule has 1 fully saturated rings. The zero-order chi connectivity index (χ0) is 12.9. The van der Waals surface area contributed by atoms with Crippen LogP contribution in [0, 0.1) is 0 Å². The van der Waals surface area contributed by atoms with E-state index in [1.807, 2.05) is 0 Å². The fourth-order valence-electron chi connectivity index (χ4n) is 2.59. The summed E-state index contributed by atoms with van der Waals surface area (Å²) >= 11 is 0. The molecule has 2 heteroatoms. The van der Waals surface area contributed by atoms with Gasteiger partial charge in [0.05, 0.1) is 0 Å². The van der Waals surface area contributed by atoms with E-state index in [-0.39, 0.29) is 0 Å². The number of benzene rings is 2. The number of rotatable bonds is 0. The van der Waals surface area contributed by atoms with Gasteiger partial charge in [0.2, 0.25) is 9.76 Å². The van der Waals surface area contributed by atoms with E-state index in [4.69, 9.17) is 4.43 Å². The van der Waals surface area contributed by atoms with Crippen LogP contribution in [-0.4, -0.2) is 16.4 Å². The van der Waals surface area contributed by atoms with Gasteiger partial charge in [0, 0.05) is 6.61 Å². The summed E-state index contributed by atoms with van der Waals surface area (Å²) in [5, 5.41) is 2.80. The first kappa shape index (κ1) is 12.6. The Kier molecular flexibility index (Phi) is 4.11. The molecule has 1 aliphatic carbocycles. The number of hydrogen-bond acceptors (Lipinski definition) is 1. The van der Waals surface area contributed by atoms with Gasteiger partial charge in [-0.3, -0.25) is 0 Å². The molecule has 0 aromatic heterocycles. The topological polar surface area (TPSA) is 9.23 Å². The zero-order valence-electron chi connectivity index (χ0n) is 11.1. The first-order chi connectivity index (χ1) is 9.45. The number of hydrogen-bond donors (Lipinski definition) is 0. The molecule has 19 heavy (non-hydrogen) atoms. The van der Waals surface area contributed by atoms with Crippen LogP contribution in [0.3, 0.4) is 0 Å². The van der Waals surface area contributed by atoms with Crippen molar-refractivity contribution < 1.29 is 4.43 Å². The Labute approximate surface area is 117 Å². The second-order valence-electron chi connectivity index (χ2n) is 4.92. The third-order valence-corrected chi connectivity index (χ3v) is 4.50. The van der Waals surface area contributed by atoms with Crippen molar-refractivity contribution in [3.8, 4) is 0 Å². The molecule has 0 bridgehead atoms. The Morgan fingerprint density at radius 3 is 2.58 bits per heavy atom. The molecule has 0 N–H and O–H groups in total. The van der Waals surface area contributed by atoms with E-state index in [1.165, 1.54) is 40.8 Å². The lowest BCUT2D eigenvalue weighted by Gasteiger charge is -2.11. The maximum absolute atomic E-state index is 5.10. The highest BCUT2D eigenvalue weighted by molar-refractivity contribution is 6.27. The Morgan fingerprint density at radius 2 is 1.89 bits per heavy atom. The molecule has 1 saturated heterocycles. The van der Waals surface area contributed by atoms with Gasteiger partial charge >= 0.3 is 0 Å². The second-order valence-corrected chi connectivity index (χ2v) is 6.00. The minimum Gasteiger partial charge on any atom is -0.417 e. The molecule has 96 valence electrons. The van der Waals surface area contributed by atoms with E-state index in [0.717, 1.165) is 22.8 Å². The summed E-state index contributed by atoms with van der Waals surface area (Å²) in [5.74, 6) is 0. The molecular formula is C17H18OSi. The number of allylic oxidation sites excluding steroid dienone is 1. The molecule has 0 spiro atoms. The normalized spacial score (nSPS) is 16.8. The van der Waals surface area contributed by atoms with Crippen molar-refractivity contribution in [3.05, 3.63) is 53.6 Å². The summed E-state index contributed by atoms with van der Waals surface area (Å²) in [5.41, 5.74) is 2.81. The quantitative estimate of drug-likeness (QED) is 0.648.